The van der Waals surface area contributed by atoms with Crippen LogP contribution in [0.25, 0.3) is 16.8 Å². The quantitative estimate of drug-likeness (QED) is 0.615. The predicted octanol–water partition coefficient (Wildman–Crippen LogP) is 3.37. The summed E-state index contributed by atoms with van der Waals surface area (Å²) in [5.41, 5.74) is 12.7. The highest BCUT2D eigenvalue weighted by Gasteiger charge is 2.26. The Morgan fingerprint density at radius 3 is 2.75 bits per heavy atom. The third kappa shape index (κ3) is 4.16. The molecule has 3 rings (SSSR count). The van der Waals surface area contributed by atoms with Crippen molar-refractivity contribution in [1.29, 1.82) is 5.26 Å². The number of hydrogen-bond donors (Lipinski definition) is 2. The molecule has 1 fully saturated rings. The molecule has 1 aromatic heterocycles. The molecule has 28 heavy (non-hydrogen) atoms. The minimum absolute atomic E-state index is 0.361. The van der Waals surface area contributed by atoms with Crippen molar-refractivity contribution < 1.29 is 0 Å². The Kier molecular flexibility index (Phi) is 5.67. The molecule has 4 N–H and O–H groups in total. The maximum atomic E-state index is 8.96. The van der Waals surface area contributed by atoms with Crippen LogP contribution in [-0.2, 0) is 0 Å². The molecular formula is C22H26N6. The Balaban J connectivity index is 1.81. The number of aromatic nitrogens is 1. The molecule has 6 nitrogen and oxygen atoms in total. The van der Waals surface area contributed by atoms with Crippen LogP contribution in [0.4, 0.5) is 5.69 Å². The standard InChI is InChI=1S/C22H26N6/c1-15-10-18(19-4-6-21(26-12-19)20(24)14-27(3)25)5-7-22(15)28-13-17(8-9-23)11-16(28)2/h4-7,10,12,14,17H,2,8,11,13,24-25H2,1,3H3/b20-14-. The molecule has 0 amide bonds. The fraction of sp³-hybridized carbons (Fsp3) is 0.273. The lowest BCUT2D eigenvalue weighted by Gasteiger charge is -2.22. The summed E-state index contributed by atoms with van der Waals surface area (Å²) >= 11 is 0. The van der Waals surface area contributed by atoms with Crippen LogP contribution in [0.1, 0.15) is 24.1 Å². The van der Waals surface area contributed by atoms with Crippen molar-refractivity contribution in [2.75, 3.05) is 18.5 Å². The molecule has 1 saturated heterocycles. The summed E-state index contributed by atoms with van der Waals surface area (Å²) in [5.74, 6) is 5.95. The first-order valence-electron chi connectivity index (χ1n) is 9.23. The van der Waals surface area contributed by atoms with Crippen LogP contribution in [0.2, 0.25) is 0 Å². The van der Waals surface area contributed by atoms with Gasteiger partial charge in [-0.05, 0) is 48.6 Å². The lowest BCUT2D eigenvalue weighted by atomic mass is 10.0. The maximum Gasteiger partial charge on any atom is 0.0874 e. The van der Waals surface area contributed by atoms with Gasteiger partial charge in [-0.15, -0.1) is 0 Å². The molecule has 0 saturated carbocycles. The minimum atomic E-state index is 0.361. The first-order valence-corrected chi connectivity index (χ1v) is 9.23. The number of nitriles is 1. The Bertz CT molecular complexity index is 936. The van der Waals surface area contributed by atoms with Gasteiger partial charge in [0.25, 0.3) is 0 Å². The summed E-state index contributed by atoms with van der Waals surface area (Å²) in [7, 11) is 1.71. The summed E-state index contributed by atoms with van der Waals surface area (Å²) in [5, 5.41) is 10.4. The van der Waals surface area contributed by atoms with Crippen molar-refractivity contribution in [2.24, 2.45) is 17.5 Å². The molecule has 0 aliphatic carbocycles. The number of benzene rings is 1. The highest BCUT2D eigenvalue weighted by Crippen LogP contribution is 2.35. The molecular weight excluding hydrogens is 348 g/mol. The van der Waals surface area contributed by atoms with Gasteiger partial charge < -0.3 is 15.6 Å². The topological polar surface area (TPSA) is 95.2 Å². The Morgan fingerprint density at radius 1 is 1.39 bits per heavy atom. The average Bonchev–Trinajstić information content (AvgIpc) is 3.01. The van der Waals surface area contributed by atoms with Gasteiger partial charge in [0.05, 0.1) is 17.5 Å². The fourth-order valence-electron chi connectivity index (χ4n) is 3.59. The molecule has 1 atom stereocenters. The van der Waals surface area contributed by atoms with Crippen LogP contribution in [0.15, 0.2) is 55.0 Å². The summed E-state index contributed by atoms with van der Waals surface area (Å²) in [4.78, 5) is 6.68. The summed E-state index contributed by atoms with van der Waals surface area (Å²) in [6, 6.07) is 12.5. The van der Waals surface area contributed by atoms with E-state index < -0.39 is 0 Å². The van der Waals surface area contributed by atoms with Crippen LogP contribution < -0.4 is 16.5 Å². The average molecular weight is 374 g/mol. The molecule has 0 radical (unpaired) electrons. The van der Waals surface area contributed by atoms with Gasteiger partial charge in [0.1, 0.15) is 0 Å². The van der Waals surface area contributed by atoms with Crippen LogP contribution in [-0.4, -0.2) is 23.6 Å². The highest BCUT2D eigenvalue weighted by molar-refractivity contribution is 5.71. The number of hydrogen-bond acceptors (Lipinski definition) is 6. The van der Waals surface area contributed by atoms with Crippen molar-refractivity contribution >= 4 is 11.4 Å². The maximum absolute atomic E-state index is 8.96. The molecule has 144 valence electrons. The van der Waals surface area contributed by atoms with Crippen molar-refractivity contribution in [1.82, 2.24) is 9.99 Å². The molecule has 1 unspecified atom stereocenters. The summed E-state index contributed by atoms with van der Waals surface area (Å²) < 4.78 is 0. The molecule has 6 heteroatoms. The largest absolute Gasteiger partial charge is 0.396 e. The van der Waals surface area contributed by atoms with E-state index in [0.717, 1.165) is 35.5 Å². The lowest BCUT2D eigenvalue weighted by Crippen LogP contribution is -2.20. The number of hydrazine groups is 1. The Labute approximate surface area is 166 Å². The van der Waals surface area contributed by atoms with Crippen molar-refractivity contribution in [3.8, 4) is 17.2 Å². The van der Waals surface area contributed by atoms with Crippen LogP contribution in [0.5, 0.6) is 0 Å². The number of pyridine rings is 1. The third-order valence-electron chi connectivity index (χ3n) is 4.95. The molecule has 0 bridgehead atoms. The molecule has 0 spiro atoms. The second kappa shape index (κ2) is 8.15. The highest BCUT2D eigenvalue weighted by atomic mass is 15.4. The van der Waals surface area contributed by atoms with E-state index in [1.54, 1.807) is 13.2 Å². The second-order valence-corrected chi connectivity index (χ2v) is 7.29. The van der Waals surface area contributed by atoms with Gasteiger partial charge >= 0.3 is 0 Å². The monoisotopic (exact) mass is 374 g/mol. The van der Waals surface area contributed by atoms with E-state index in [4.69, 9.17) is 16.8 Å². The summed E-state index contributed by atoms with van der Waals surface area (Å²) in [6.45, 7) is 7.14. The Morgan fingerprint density at radius 2 is 2.14 bits per heavy atom. The van der Waals surface area contributed by atoms with Crippen molar-refractivity contribution in [2.45, 2.75) is 19.8 Å². The van der Waals surface area contributed by atoms with Crippen LogP contribution >= 0.6 is 0 Å². The number of nitrogens with two attached hydrogens (primary N) is 2. The van der Waals surface area contributed by atoms with Gasteiger partial charge in [-0.1, -0.05) is 18.7 Å². The predicted molar refractivity (Wildman–Crippen MR) is 113 cm³/mol. The van der Waals surface area contributed by atoms with E-state index in [1.165, 1.54) is 10.6 Å². The van der Waals surface area contributed by atoms with E-state index >= 15 is 0 Å². The van der Waals surface area contributed by atoms with Gasteiger partial charge in [-0.3, -0.25) is 4.98 Å². The van der Waals surface area contributed by atoms with E-state index in [0.29, 0.717) is 23.7 Å². The van der Waals surface area contributed by atoms with Crippen LogP contribution in [0, 0.1) is 24.2 Å². The van der Waals surface area contributed by atoms with Crippen molar-refractivity contribution in [3.63, 3.8) is 0 Å². The zero-order valence-corrected chi connectivity index (χ0v) is 16.4. The molecule has 1 aliphatic rings. The lowest BCUT2D eigenvalue weighted by molar-refractivity contribution is 0.485. The van der Waals surface area contributed by atoms with E-state index in [1.807, 2.05) is 18.3 Å². The zero-order valence-electron chi connectivity index (χ0n) is 16.4. The smallest absolute Gasteiger partial charge is 0.0874 e. The fourth-order valence-corrected chi connectivity index (χ4v) is 3.59. The number of aryl methyl sites for hydroxylation is 1. The van der Waals surface area contributed by atoms with Crippen molar-refractivity contribution in [3.05, 3.63) is 66.3 Å². The van der Waals surface area contributed by atoms with Gasteiger partial charge in [0, 0.05) is 49.4 Å². The van der Waals surface area contributed by atoms with E-state index in [-0.39, 0.29) is 0 Å². The Hall–Kier alpha value is -3.30. The van der Waals surface area contributed by atoms with Crippen LogP contribution in [0.3, 0.4) is 0 Å². The van der Waals surface area contributed by atoms with Gasteiger partial charge in [-0.2, -0.15) is 5.26 Å². The molecule has 1 aliphatic heterocycles. The third-order valence-corrected chi connectivity index (χ3v) is 4.95. The van der Waals surface area contributed by atoms with Gasteiger partial charge in [0.15, 0.2) is 0 Å². The first kappa shape index (κ1) is 19.5. The SMILES string of the molecule is C=C1CC(CC#N)CN1c1ccc(-c2ccc(/C(N)=C/N(C)N)nc2)cc1C. The molecule has 1 aromatic carbocycles. The number of nitrogens with zero attached hydrogens (tertiary/aromatic N) is 4. The minimum Gasteiger partial charge on any atom is -0.396 e. The number of allylic oxidation sites excluding steroid dienone is 1. The molecule has 2 heterocycles. The number of anilines is 1. The van der Waals surface area contributed by atoms with Gasteiger partial charge in [-0.25, -0.2) is 5.84 Å². The van der Waals surface area contributed by atoms with Gasteiger partial charge in [0.2, 0.25) is 0 Å². The number of rotatable bonds is 5. The zero-order chi connectivity index (χ0) is 20.3. The van der Waals surface area contributed by atoms with E-state index in [2.05, 4.69) is 47.7 Å². The normalized spacial score (nSPS) is 16.9. The van der Waals surface area contributed by atoms with E-state index in [9.17, 15) is 0 Å². The molecule has 2 aromatic rings. The summed E-state index contributed by atoms with van der Waals surface area (Å²) in [6.07, 6.45) is 4.90. The second-order valence-electron chi connectivity index (χ2n) is 7.29. The first-order chi connectivity index (χ1) is 13.4.